The van der Waals surface area contributed by atoms with Crippen LogP contribution in [-0.4, -0.2) is 23.3 Å². The molecule has 0 spiro atoms. The molecule has 0 saturated heterocycles. The molecule has 0 atom stereocenters. The smallest absolute Gasteiger partial charge is 0.355 e. The van der Waals surface area contributed by atoms with E-state index in [1.54, 1.807) is 10.6 Å². The number of hydrogen-bond acceptors (Lipinski definition) is 3. The fraction of sp³-hybridized carbons (Fsp3) is 0.111. The van der Waals surface area contributed by atoms with Crippen molar-refractivity contribution < 1.29 is 14.3 Å². The lowest BCUT2D eigenvalue weighted by molar-refractivity contribution is 0.0594. The standard InChI is InChI=1S/C18H15NO3/c1-12(20)15-14-10-6-7-11-19(14)17(18(21)22-2)16(15)13-8-4-3-5-9-13/h3-11H,1-2H3. The molecule has 0 aliphatic carbocycles. The SMILES string of the molecule is COC(=O)c1c(-c2ccccc2)c(C(C)=O)c2ccccn12. The molecule has 0 aliphatic rings. The Balaban J connectivity index is 2.49. The van der Waals surface area contributed by atoms with Crippen molar-refractivity contribution in [1.82, 2.24) is 4.40 Å². The maximum Gasteiger partial charge on any atom is 0.355 e. The Morgan fingerprint density at radius 2 is 1.68 bits per heavy atom. The first-order valence-corrected chi connectivity index (χ1v) is 6.93. The zero-order valence-electron chi connectivity index (χ0n) is 12.4. The van der Waals surface area contributed by atoms with Crippen molar-refractivity contribution in [2.45, 2.75) is 6.92 Å². The summed E-state index contributed by atoms with van der Waals surface area (Å²) >= 11 is 0. The zero-order chi connectivity index (χ0) is 15.7. The number of hydrogen-bond donors (Lipinski definition) is 0. The van der Waals surface area contributed by atoms with Crippen LogP contribution >= 0.6 is 0 Å². The molecule has 4 heteroatoms. The van der Waals surface area contributed by atoms with Gasteiger partial charge < -0.3 is 9.14 Å². The Hall–Kier alpha value is -2.88. The number of esters is 1. The summed E-state index contributed by atoms with van der Waals surface area (Å²) in [5, 5.41) is 0. The zero-order valence-corrected chi connectivity index (χ0v) is 12.4. The predicted molar refractivity (Wildman–Crippen MR) is 84.2 cm³/mol. The van der Waals surface area contributed by atoms with E-state index in [-0.39, 0.29) is 5.78 Å². The molecule has 0 N–H and O–H groups in total. The van der Waals surface area contributed by atoms with Crippen molar-refractivity contribution in [3.8, 4) is 11.1 Å². The summed E-state index contributed by atoms with van der Waals surface area (Å²) in [5.41, 5.74) is 3.04. The number of ketones is 1. The molecule has 1 aromatic carbocycles. The molecular weight excluding hydrogens is 278 g/mol. The lowest BCUT2D eigenvalue weighted by Gasteiger charge is -2.05. The van der Waals surface area contributed by atoms with Gasteiger partial charge in [-0.2, -0.15) is 0 Å². The van der Waals surface area contributed by atoms with Crippen LogP contribution in [-0.2, 0) is 4.74 Å². The molecule has 110 valence electrons. The van der Waals surface area contributed by atoms with E-state index in [9.17, 15) is 9.59 Å². The van der Waals surface area contributed by atoms with E-state index < -0.39 is 5.97 Å². The van der Waals surface area contributed by atoms with Gasteiger partial charge in [0.2, 0.25) is 0 Å². The summed E-state index contributed by atoms with van der Waals surface area (Å²) in [7, 11) is 1.34. The lowest BCUT2D eigenvalue weighted by atomic mass is 9.98. The third-order valence-corrected chi connectivity index (χ3v) is 3.64. The predicted octanol–water partition coefficient (Wildman–Crippen LogP) is 3.60. The van der Waals surface area contributed by atoms with Gasteiger partial charge in [0.05, 0.1) is 18.2 Å². The van der Waals surface area contributed by atoms with Crippen molar-refractivity contribution in [3.05, 3.63) is 66.0 Å². The summed E-state index contributed by atoms with van der Waals surface area (Å²) in [6, 6.07) is 14.9. The molecule has 0 unspecified atom stereocenters. The molecule has 0 bridgehead atoms. The Kier molecular flexibility index (Phi) is 3.51. The number of nitrogens with zero attached hydrogens (tertiary/aromatic N) is 1. The lowest BCUT2D eigenvalue weighted by Crippen LogP contribution is -2.07. The van der Waals surface area contributed by atoms with Gasteiger partial charge in [-0.15, -0.1) is 0 Å². The molecule has 2 aromatic heterocycles. The highest BCUT2D eigenvalue weighted by Gasteiger charge is 2.26. The fourth-order valence-corrected chi connectivity index (χ4v) is 2.75. The summed E-state index contributed by atoms with van der Waals surface area (Å²) in [6.07, 6.45) is 1.76. The van der Waals surface area contributed by atoms with Crippen LogP contribution in [0.15, 0.2) is 54.7 Å². The number of Topliss-reactive ketones (excluding diaryl/α,β-unsaturated/α-hetero) is 1. The van der Waals surface area contributed by atoms with Gasteiger partial charge >= 0.3 is 5.97 Å². The van der Waals surface area contributed by atoms with Gasteiger partial charge in [-0.3, -0.25) is 4.79 Å². The van der Waals surface area contributed by atoms with Crippen molar-refractivity contribution >= 4 is 17.3 Å². The van der Waals surface area contributed by atoms with E-state index in [2.05, 4.69) is 0 Å². The van der Waals surface area contributed by atoms with Crippen LogP contribution in [0.5, 0.6) is 0 Å². The van der Waals surface area contributed by atoms with Gasteiger partial charge in [0.15, 0.2) is 5.78 Å². The molecule has 3 rings (SSSR count). The molecule has 4 nitrogen and oxygen atoms in total. The molecular formula is C18H15NO3. The topological polar surface area (TPSA) is 47.8 Å². The van der Waals surface area contributed by atoms with Gasteiger partial charge in [0, 0.05) is 11.8 Å². The van der Waals surface area contributed by atoms with E-state index in [4.69, 9.17) is 4.74 Å². The third kappa shape index (κ3) is 2.09. The van der Waals surface area contributed by atoms with Crippen LogP contribution in [0, 0.1) is 0 Å². The number of pyridine rings is 1. The van der Waals surface area contributed by atoms with E-state index in [0.717, 1.165) is 5.56 Å². The minimum atomic E-state index is -0.465. The molecule has 0 saturated carbocycles. The Labute approximate surface area is 128 Å². The molecule has 0 amide bonds. The highest BCUT2D eigenvalue weighted by Crippen LogP contribution is 2.34. The maximum absolute atomic E-state index is 12.3. The van der Waals surface area contributed by atoms with E-state index >= 15 is 0 Å². The normalized spacial score (nSPS) is 10.6. The Bertz CT molecular complexity index is 863. The van der Waals surface area contributed by atoms with Crippen LogP contribution in [0.1, 0.15) is 27.8 Å². The van der Waals surface area contributed by atoms with Crippen LogP contribution in [0.25, 0.3) is 16.6 Å². The number of fused-ring (bicyclic) bond motifs is 1. The first-order valence-electron chi connectivity index (χ1n) is 6.93. The molecule has 3 aromatic rings. The number of carbonyl (C=O) groups is 2. The number of aromatic nitrogens is 1. The molecule has 2 heterocycles. The van der Waals surface area contributed by atoms with E-state index in [1.165, 1.54) is 14.0 Å². The maximum atomic E-state index is 12.3. The van der Waals surface area contributed by atoms with Crippen LogP contribution in [0.2, 0.25) is 0 Å². The second-order valence-corrected chi connectivity index (χ2v) is 4.97. The summed E-state index contributed by atoms with van der Waals surface area (Å²) in [4.78, 5) is 24.5. The first kappa shape index (κ1) is 14.1. The number of rotatable bonds is 3. The largest absolute Gasteiger partial charge is 0.464 e. The fourth-order valence-electron chi connectivity index (χ4n) is 2.75. The summed E-state index contributed by atoms with van der Waals surface area (Å²) < 4.78 is 6.64. The highest BCUT2D eigenvalue weighted by atomic mass is 16.5. The monoisotopic (exact) mass is 293 g/mol. The number of ether oxygens (including phenoxy) is 1. The van der Waals surface area contributed by atoms with E-state index in [0.29, 0.717) is 22.3 Å². The number of carbonyl (C=O) groups excluding carboxylic acids is 2. The minimum absolute atomic E-state index is 0.0855. The number of benzene rings is 1. The van der Waals surface area contributed by atoms with Crippen molar-refractivity contribution in [3.63, 3.8) is 0 Å². The van der Waals surface area contributed by atoms with E-state index in [1.807, 2.05) is 48.5 Å². The number of methoxy groups -OCH3 is 1. The Morgan fingerprint density at radius 3 is 2.32 bits per heavy atom. The third-order valence-electron chi connectivity index (χ3n) is 3.64. The van der Waals surface area contributed by atoms with Gasteiger partial charge in [-0.05, 0) is 24.6 Å². The van der Waals surface area contributed by atoms with Crippen molar-refractivity contribution in [1.29, 1.82) is 0 Å². The van der Waals surface area contributed by atoms with Crippen molar-refractivity contribution in [2.24, 2.45) is 0 Å². The van der Waals surface area contributed by atoms with Crippen LogP contribution < -0.4 is 0 Å². The summed E-state index contributed by atoms with van der Waals surface area (Å²) in [5.74, 6) is -0.551. The first-order chi connectivity index (χ1) is 10.6. The molecule has 0 radical (unpaired) electrons. The average molecular weight is 293 g/mol. The van der Waals surface area contributed by atoms with Gasteiger partial charge in [0.1, 0.15) is 5.69 Å². The van der Waals surface area contributed by atoms with Gasteiger partial charge in [-0.25, -0.2) is 4.79 Å². The second-order valence-electron chi connectivity index (χ2n) is 4.97. The van der Waals surface area contributed by atoms with Gasteiger partial charge in [0.25, 0.3) is 0 Å². The minimum Gasteiger partial charge on any atom is -0.464 e. The second kappa shape index (κ2) is 5.48. The Morgan fingerprint density at radius 1 is 1.00 bits per heavy atom. The molecule has 22 heavy (non-hydrogen) atoms. The average Bonchev–Trinajstić information content (AvgIpc) is 2.90. The summed E-state index contributed by atoms with van der Waals surface area (Å²) in [6.45, 7) is 1.51. The van der Waals surface area contributed by atoms with Crippen LogP contribution in [0.3, 0.4) is 0 Å². The molecule has 0 aliphatic heterocycles. The van der Waals surface area contributed by atoms with Crippen molar-refractivity contribution in [2.75, 3.05) is 7.11 Å². The highest BCUT2D eigenvalue weighted by molar-refractivity contribution is 6.13. The quantitative estimate of drug-likeness (QED) is 0.547. The van der Waals surface area contributed by atoms with Gasteiger partial charge in [-0.1, -0.05) is 36.4 Å². The molecule has 0 fully saturated rings. The van der Waals surface area contributed by atoms with Crippen LogP contribution in [0.4, 0.5) is 0 Å².